The molecular formula is C15H12ClF3N2O3. The quantitative estimate of drug-likeness (QED) is 0.800. The lowest BCUT2D eigenvalue weighted by atomic mass is 10.1. The van der Waals surface area contributed by atoms with E-state index in [-0.39, 0.29) is 11.6 Å². The third-order valence-corrected chi connectivity index (χ3v) is 3.16. The Morgan fingerprint density at radius 2 is 1.92 bits per heavy atom. The molecule has 1 aromatic carbocycles. The van der Waals surface area contributed by atoms with Gasteiger partial charge in [0, 0.05) is 5.02 Å². The van der Waals surface area contributed by atoms with Gasteiger partial charge in [-0.15, -0.1) is 0 Å². The van der Waals surface area contributed by atoms with Crippen molar-refractivity contribution in [2.24, 2.45) is 0 Å². The van der Waals surface area contributed by atoms with Gasteiger partial charge in [-0.1, -0.05) is 11.6 Å². The van der Waals surface area contributed by atoms with Crippen LogP contribution in [0.25, 0.3) is 0 Å². The van der Waals surface area contributed by atoms with Gasteiger partial charge in [-0.2, -0.15) is 13.2 Å². The molecule has 1 heterocycles. The molecule has 0 saturated heterocycles. The zero-order valence-corrected chi connectivity index (χ0v) is 12.9. The van der Waals surface area contributed by atoms with Crippen molar-refractivity contribution in [2.45, 2.75) is 19.1 Å². The van der Waals surface area contributed by atoms with Crippen molar-refractivity contribution in [1.82, 2.24) is 5.32 Å². The highest BCUT2D eigenvalue weighted by Crippen LogP contribution is 2.36. The molecule has 0 atom stereocenters. The van der Waals surface area contributed by atoms with Gasteiger partial charge in [-0.05, 0) is 30.3 Å². The molecule has 2 amide bonds. The summed E-state index contributed by atoms with van der Waals surface area (Å²) in [6.45, 7) is 0.0772. The fourth-order valence-corrected chi connectivity index (χ4v) is 2.03. The first-order valence-corrected chi connectivity index (χ1v) is 7.09. The van der Waals surface area contributed by atoms with Crippen LogP contribution in [0.3, 0.4) is 0 Å². The van der Waals surface area contributed by atoms with Gasteiger partial charge in [0.25, 0.3) is 0 Å². The maximum atomic E-state index is 12.9. The molecule has 9 heteroatoms. The van der Waals surface area contributed by atoms with Crippen molar-refractivity contribution in [3.05, 3.63) is 52.9 Å². The molecule has 5 nitrogen and oxygen atoms in total. The van der Waals surface area contributed by atoms with Crippen molar-refractivity contribution in [3.8, 4) is 0 Å². The van der Waals surface area contributed by atoms with E-state index < -0.39 is 35.7 Å². The minimum atomic E-state index is -4.69. The highest BCUT2D eigenvalue weighted by molar-refractivity contribution is 6.30. The summed E-state index contributed by atoms with van der Waals surface area (Å²) in [6.07, 6.45) is -3.89. The van der Waals surface area contributed by atoms with Crippen molar-refractivity contribution in [2.75, 3.05) is 5.32 Å². The molecular weight excluding hydrogens is 349 g/mol. The van der Waals surface area contributed by atoms with Crippen molar-refractivity contribution >= 4 is 29.1 Å². The number of carbonyl (C=O) groups is 2. The number of alkyl halides is 3. The molecule has 0 aliphatic heterocycles. The third-order valence-electron chi connectivity index (χ3n) is 2.92. The molecule has 2 aromatic rings. The summed E-state index contributed by atoms with van der Waals surface area (Å²) in [6, 6.07) is 6.21. The SMILES string of the molecule is O=C(CC(=O)Nc1ccc(Cl)cc1C(F)(F)F)NCc1ccco1. The van der Waals surface area contributed by atoms with Gasteiger partial charge in [0.05, 0.1) is 24.1 Å². The van der Waals surface area contributed by atoms with E-state index in [4.69, 9.17) is 16.0 Å². The molecule has 2 N–H and O–H groups in total. The Morgan fingerprint density at radius 1 is 1.17 bits per heavy atom. The van der Waals surface area contributed by atoms with Crippen LogP contribution in [-0.2, 0) is 22.3 Å². The molecule has 0 unspecified atom stereocenters. The molecule has 0 bridgehead atoms. The Hall–Kier alpha value is -2.48. The smallest absolute Gasteiger partial charge is 0.418 e. The molecule has 128 valence electrons. The van der Waals surface area contributed by atoms with E-state index in [1.165, 1.54) is 12.3 Å². The largest absolute Gasteiger partial charge is 0.467 e. The van der Waals surface area contributed by atoms with Crippen LogP contribution >= 0.6 is 11.6 Å². The Balaban J connectivity index is 1.96. The van der Waals surface area contributed by atoms with Crippen LogP contribution in [0.5, 0.6) is 0 Å². The van der Waals surface area contributed by atoms with Crippen molar-refractivity contribution in [3.63, 3.8) is 0 Å². The first-order chi connectivity index (χ1) is 11.3. The number of hydrogen-bond donors (Lipinski definition) is 2. The third kappa shape index (κ3) is 5.02. The zero-order chi connectivity index (χ0) is 17.7. The number of carbonyl (C=O) groups excluding carboxylic acids is 2. The second-order valence-electron chi connectivity index (χ2n) is 4.77. The fraction of sp³-hybridized carbons (Fsp3) is 0.200. The van der Waals surface area contributed by atoms with Gasteiger partial charge in [-0.3, -0.25) is 9.59 Å². The van der Waals surface area contributed by atoms with E-state index in [0.29, 0.717) is 11.8 Å². The van der Waals surface area contributed by atoms with Crippen LogP contribution in [-0.4, -0.2) is 11.8 Å². The van der Waals surface area contributed by atoms with E-state index in [0.717, 1.165) is 6.07 Å². The lowest BCUT2D eigenvalue weighted by Crippen LogP contribution is -2.28. The Morgan fingerprint density at radius 3 is 2.54 bits per heavy atom. The number of amides is 2. The van der Waals surface area contributed by atoms with Crippen LogP contribution in [0.4, 0.5) is 18.9 Å². The number of furan rings is 1. The highest BCUT2D eigenvalue weighted by atomic mass is 35.5. The van der Waals surface area contributed by atoms with Crippen LogP contribution in [0, 0.1) is 0 Å². The van der Waals surface area contributed by atoms with Gasteiger partial charge < -0.3 is 15.1 Å². The van der Waals surface area contributed by atoms with Crippen LogP contribution in [0.1, 0.15) is 17.7 Å². The summed E-state index contributed by atoms with van der Waals surface area (Å²) in [5.41, 5.74) is -1.55. The summed E-state index contributed by atoms with van der Waals surface area (Å²) in [7, 11) is 0. The first-order valence-electron chi connectivity index (χ1n) is 6.71. The van der Waals surface area contributed by atoms with Gasteiger partial charge in [0.1, 0.15) is 12.2 Å². The molecule has 1 aromatic heterocycles. The summed E-state index contributed by atoms with van der Waals surface area (Å²) in [5.74, 6) is -1.04. The van der Waals surface area contributed by atoms with E-state index in [2.05, 4.69) is 10.6 Å². The van der Waals surface area contributed by atoms with E-state index in [1.54, 1.807) is 12.1 Å². The number of anilines is 1. The van der Waals surface area contributed by atoms with Crippen LogP contribution < -0.4 is 10.6 Å². The molecule has 0 saturated carbocycles. The number of halogens is 4. The summed E-state index contributed by atoms with van der Waals surface area (Å²) in [5, 5.41) is 4.37. The normalized spacial score (nSPS) is 11.2. The van der Waals surface area contributed by atoms with Crippen molar-refractivity contribution < 1.29 is 27.2 Å². The molecule has 24 heavy (non-hydrogen) atoms. The predicted molar refractivity (Wildman–Crippen MR) is 80.3 cm³/mol. The second-order valence-corrected chi connectivity index (χ2v) is 5.21. The van der Waals surface area contributed by atoms with E-state index in [1.807, 2.05) is 0 Å². The number of rotatable bonds is 5. The summed E-state index contributed by atoms with van der Waals surface area (Å²) >= 11 is 5.55. The van der Waals surface area contributed by atoms with E-state index >= 15 is 0 Å². The number of benzene rings is 1. The van der Waals surface area contributed by atoms with Gasteiger partial charge in [0.2, 0.25) is 11.8 Å². The molecule has 0 fully saturated rings. The number of nitrogens with one attached hydrogen (secondary N) is 2. The molecule has 0 aliphatic rings. The monoisotopic (exact) mass is 360 g/mol. The highest BCUT2D eigenvalue weighted by Gasteiger charge is 2.34. The zero-order valence-electron chi connectivity index (χ0n) is 12.1. The average Bonchev–Trinajstić information content (AvgIpc) is 2.99. The van der Waals surface area contributed by atoms with Gasteiger partial charge >= 0.3 is 6.18 Å². The average molecular weight is 361 g/mol. The molecule has 0 spiro atoms. The molecule has 0 radical (unpaired) electrons. The molecule has 2 rings (SSSR count). The van der Waals surface area contributed by atoms with Crippen LogP contribution in [0.2, 0.25) is 5.02 Å². The summed E-state index contributed by atoms with van der Waals surface area (Å²) < 4.78 is 43.8. The lowest BCUT2D eigenvalue weighted by molar-refractivity contribution is -0.137. The Kier molecular flexibility index (Phi) is 5.50. The Labute approximate surface area is 139 Å². The minimum absolute atomic E-state index is 0.0772. The minimum Gasteiger partial charge on any atom is -0.467 e. The van der Waals surface area contributed by atoms with E-state index in [9.17, 15) is 22.8 Å². The second kappa shape index (κ2) is 7.39. The fourth-order valence-electron chi connectivity index (χ4n) is 1.86. The maximum Gasteiger partial charge on any atom is 0.418 e. The van der Waals surface area contributed by atoms with Gasteiger partial charge in [0.15, 0.2) is 0 Å². The standard InChI is InChI=1S/C15H12ClF3N2O3/c16-9-3-4-12(11(6-9)15(17,18)19)21-14(23)7-13(22)20-8-10-2-1-5-24-10/h1-6H,7-8H2,(H,20,22)(H,21,23). The lowest BCUT2D eigenvalue weighted by Gasteiger charge is -2.14. The maximum absolute atomic E-state index is 12.9. The summed E-state index contributed by atoms with van der Waals surface area (Å²) in [4.78, 5) is 23.4. The van der Waals surface area contributed by atoms with Crippen molar-refractivity contribution in [1.29, 1.82) is 0 Å². The van der Waals surface area contributed by atoms with Crippen LogP contribution in [0.15, 0.2) is 41.0 Å². The molecule has 0 aliphatic carbocycles. The predicted octanol–water partition coefficient (Wildman–Crippen LogP) is 3.60. The number of hydrogen-bond acceptors (Lipinski definition) is 3. The topological polar surface area (TPSA) is 71.3 Å². The Bertz CT molecular complexity index is 730. The first kappa shape index (κ1) is 17.9. The van der Waals surface area contributed by atoms with Gasteiger partial charge in [-0.25, -0.2) is 0 Å².